The summed E-state index contributed by atoms with van der Waals surface area (Å²) in [5.41, 5.74) is 2.68. The van der Waals surface area contributed by atoms with Gasteiger partial charge in [-0.3, -0.25) is 0 Å². The number of aliphatic hydroxyl groups excluding tert-OH is 2. The van der Waals surface area contributed by atoms with Gasteiger partial charge in [-0.1, -0.05) is 37.1 Å². The number of hydrogen-bond acceptors (Lipinski definition) is 4. The molecule has 0 radical (unpaired) electrons. The molecular formula is C26H43NO3. The number of rotatable bonds is 4. The molecule has 1 heterocycles. The SMILES string of the molecule is CC(CN1CC[C@](C)(O)C1)[C@H]1CC[C@H]2/C(=C/C=C3C[C@@H](O)C[C@@H](O)C3)CCC[C@]12C. The van der Waals surface area contributed by atoms with Crippen LogP contribution in [-0.2, 0) is 0 Å². The molecular weight excluding hydrogens is 374 g/mol. The summed E-state index contributed by atoms with van der Waals surface area (Å²) in [7, 11) is 0. The van der Waals surface area contributed by atoms with Crippen LogP contribution in [0.1, 0.15) is 78.6 Å². The standard InChI is InChI=1S/C26H43NO3/c1-18(16-27-12-11-25(2,30)17-27)23-8-9-24-20(5-4-10-26(23,24)3)7-6-19-13-21(28)15-22(29)14-19/h6-7,18,21-24,28-30H,4-5,8-17H2,1-3H3/b19-6?,20-7+/t18?,21-,22+,23-,24+,25+,26-/m1/s1. The molecule has 0 aromatic rings. The van der Waals surface area contributed by atoms with Crippen LogP contribution in [0.5, 0.6) is 0 Å². The van der Waals surface area contributed by atoms with Crippen LogP contribution < -0.4 is 0 Å². The Balaban J connectivity index is 1.44. The molecule has 30 heavy (non-hydrogen) atoms. The van der Waals surface area contributed by atoms with E-state index in [0.29, 0.717) is 36.5 Å². The first-order valence-electron chi connectivity index (χ1n) is 12.4. The molecule has 0 spiro atoms. The van der Waals surface area contributed by atoms with Gasteiger partial charge in [0.15, 0.2) is 0 Å². The van der Waals surface area contributed by atoms with Crippen LogP contribution in [0.2, 0.25) is 0 Å². The lowest BCUT2D eigenvalue weighted by molar-refractivity contribution is 0.0547. The average Bonchev–Trinajstić information content (AvgIpc) is 3.18. The maximum atomic E-state index is 10.3. The van der Waals surface area contributed by atoms with Crippen LogP contribution >= 0.6 is 0 Å². The van der Waals surface area contributed by atoms with E-state index in [1.54, 1.807) is 5.57 Å². The first kappa shape index (κ1) is 22.5. The van der Waals surface area contributed by atoms with Crippen molar-refractivity contribution in [3.05, 3.63) is 23.3 Å². The fraction of sp³-hybridized carbons (Fsp3) is 0.846. The van der Waals surface area contributed by atoms with E-state index in [9.17, 15) is 15.3 Å². The molecule has 1 unspecified atom stereocenters. The second-order valence-corrected chi connectivity index (χ2v) is 11.6. The van der Waals surface area contributed by atoms with E-state index in [-0.39, 0.29) is 0 Å². The summed E-state index contributed by atoms with van der Waals surface area (Å²) in [5.74, 6) is 2.09. The Morgan fingerprint density at radius 1 is 1.10 bits per heavy atom. The van der Waals surface area contributed by atoms with Gasteiger partial charge in [-0.15, -0.1) is 0 Å². The zero-order valence-corrected chi connectivity index (χ0v) is 19.3. The van der Waals surface area contributed by atoms with E-state index in [2.05, 4.69) is 30.9 Å². The molecule has 0 aromatic heterocycles. The van der Waals surface area contributed by atoms with Gasteiger partial charge >= 0.3 is 0 Å². The van der Waals surface area contributed by atoms with Gasteiger partial charge in [0.2, 0.25) is 0 Å². The molecule has 0 aromatic carbocycles. The lowest BCUT2D eigenvalue weighted by Crippen LogP contribution is -2.40. The zero-order chi connectivity index (χ0) is 21.5. The van der Waals surface area contributed by atoms with Gasteiger partial charge in [0.1, 0.15) is 0 Å². The minimum Gasteiger partial charge on any atom is -0.393 e. The minimum absolute atomic E-state index is 0.385. The Kier molecular flexibility index (Phi) is 6.52. The summed E-state index contributed by atoms with van der Waals surface area (Å²) in [6.07, 6.45) is 13.0. The largest absolute Gasteiger partial charge is 0.393 e. The van der Waals surface area contributed by atoms with Crippen molar-refractivity contribution in [2.75, 3.05) is 19.6 Å². The molecule has 0 bridgehead atoms. The average molecular weight is 418 g/mol. The van der Waals surface area contributed by atoms with Crippen LogP contribution in [0, 0.1) is 23.2 Å². The minimum atomic E-state index is -0.504. The van der Waals surface area contributed by atoms with Crippen molar-refractivity contribution < 1.29 is 15.3 Å². The number of β-amino-alcohol motifs (C(OH)–C–C–N with tert-alkyl or cyclic N) is 1. The van der Waals surface area contributed by atoms with Crippen LogP contribution in [-0.4, -0.2) is 57.7 Å². The van der Waals surface area contributed by atoms with Crippen molar-refractivity contribution in [2.24, 2.45) is 23.2 Å². The molecule has 3 N–H and O–H groups in total. The molecule has 4 aliphatic rings. The lowest BCUT2D eigenvalue weighted by atomic mass is 9.61. The monoisotopic (exact) mass is 417 g/mol. The Bertz CT molecular complexity index is 672. The zero-order valence-electron chi connectivity index (χ0n) is 19.3. The second kappa shape index (κ2) is 8.69. The first-order valence-corrected chi connectivity index (χ1v) is 12.4. The maximum Gasteiger partial charge on any atom is 0.0758 e. The summed E-state index contributed by atoms with van der Waals surface area (Å²) in [6.45, 7) is 9.92. The number of likely N-dealkylation sites (tertiary alicyclic amines) is 1. The van der Waals surface area contributed by atoms with Crippen molar-refractivity contribution in [3.63, 3.8) is 0 Å². The molecule has 4 fully saturated rings. The molecule has 0 amide bonds. The quantitative estimate of drug-likeness (QED) is 0.646. The van der Waals surface area contributed by atoms with Crippen LogP contribution in [0.3, 0.4) is 0 Å². The number of hydrogen-bond donors (Lipinski definition) is 3. The summed E-state index contributed by atoms with van der Waals surface area (Å²) in [4.78, 5) is 2.48. The molecule has 4 nitrogen and oxygen atoms in total. The molecule has 4 rings (SSSR count). The molecule has 3 aliphatic carbocycles. The van der Waals surface area contributed by atoms with Crippen molar-refractivity contribution in [1.82, 2.24) is 4.90 Å². The molecule has 3 saturated carbocycles. The topological polar surface area (TPSA) is 63.9 Å². The smallest absolute Gasteiger partial charge is 0.0758 e. The third-order valence-corrected chi connectivity index (χ3v) is 8.87. The third kappa shape index (κ3) is 4.72. The highest BCUT2D eigenvalue weighted by Crippen LogP contribution is 2.59. The van der Waals surface area contributed by atoms with E-state index in [1.807, 2.05) is 6.92 Å². The van der Waals surface area contributed by atoms with Gasteiger partial charge in [-0.25, -0.2) is 0 Å². The Hall–Kier alpha value is -0.680. The molecule has 1 aliphatic heterocycles. The van der Waals surface area contributed by atoms with Crippen molar-refractivity contribution >= 4 is 0 Å². The lowest BCUT2D eigenvalue weighted by Gasteiger charge is -2.45. The third-order valence-electron chi connectivity index (χ3n) is 8.87. The van der Waals surface area contributed by atoms with Crippen molar-refractivity contribution in [3.8, 4) is 0 Å². The van der Waals surface area contributed by atoms with Crippen LogP contribution in [0.4, 0.5) is 0 Å². The number of allylic oxidation sites excluding steroid dienone is 3. The normalized spacial score (nSPS) is 46.5. The molecule has 4 heteroatoms. The van der Waals surface area contributed by atoms with Crippen LogP contribution in [0.25, 0.3) is 0 Å². The predicted octanol–water partition coefficient (Wildman–Crippen LogP) is 4.05. The van der Waals surface area contributed by atoms with Gasteiger partial charge in [-0.2, -0.15) is 0 Å². The highest BCUT2D eigenvalue weighted by Gasteiger charge is 2.51. The first-order chi connectivity index (χ1) is 14.2. The highest BCUT2D eigenvalue weighted by atomic mass is 16.3. The van der Waals surface area contributed by atoms with E-state index >= 15 is 0 Å². The van der Waals surface area contributed by atoms with Gasteiger partial charge in [-0.05, 0) is 87.9 Å². The summed E-state index contributed by atoms with van der Waals surface area (Å²) in [6, 6.07) is 0. The maximum absolute atomic E-state index is 10.3. The van der Waals surface area contributed by atoms with Gasteiger partial charge in [0.05, 0.1) is 17.8 Å². The number of nitrogens with zero attached hydrogens (tertiary/aromatic N) is 1. The highest BCUT2D eigenvalue weighted by molar-refractivity contribution is 5.26. The molecule has 1 saturated heterocycles. The van der Waals surface area contributed by atoms with Crippen molar-refractivity contribution in [1.29, 1.82) is 0 Å². The van der Waals surface area contributed by atoms with E-state index < -0.39 is 17.8 Å². The summed E-state index contributed by atoms with van der Waals surface area (Å²) in [5, 5.41) is 30.3. The van der Waals surface area contributed by atoms with Gasteiger partial charge in [0, 0.05) is 19.6 Å². The Morgan fingerprint density at radius 2 is 1.83 bits per heavy atom. The molecule has 170 valence electrons. The number of fused-ring (bicyclic) bond motifs is 1. The summed E-state index contributed by atoms with van der Waals surface area (Å²) >= 11 is 0. The Morgan fingerprint density at radius 3 is 2.50 bits per heavy atom. The van der Waals surface area contributed by atoms with E-state index in [0.717, 1.165) is 32.0 Å². The predicted molar refractivity (Wildman–Crippen MR) is 121 cm³/mol. The summed E-state index contributed by atoms with van der Waals surface area (Å²) < 4.78 is 0. The Labute approximate surface area is 183 Å². The fourth-order valence-corrected chi connectivity index (χ4v) is 7.47. The van der Waals surface area contributed by atoms with E-state index in [4.69, 9.17) is 0 Å². The van der Waals surface area contributed by atoms with E-state index in [1.165, 1.54) is 37.7 Å². The van der Waals surface area contributed by atoms with Gasteiger partial charge < -0.3 is 20.2 Å². The van der Waals surface area contributed by atoms with Crippen LogP contribution in [0.15, 0.2) is 23.3 Å². The van der Waals surface area contributed by atoms with Crippen molar-refractivity contribution in [2.45, 2.75) is 96.4 Å². The fourth-order valence-electron chi connectivity index (χ4n) is 7.47. The second-order valence-electron chi connectivity index (χ2n) is 11.6. The van der Waals surface area contributed by atoms with Gasteiger partial charge in [0.25, 0.3) is 0 Å². The number of aliphatic hydroxyl groups is 3. The molecule has 7 atom stereocenters.